The van der Waals surface area contributed by atoms with Gasteiger partial charge in [0.2, 0.25) is 0 Å². The van der Waals surface area contributed by atoms with Crippen molar-refractivity contribution in [1.29, 1.82) is 0 Å². The summed E-state index contributed by atoms with van der Waals surface area (Å²) in [5.41, 5.74) is 0. The molecule has 0 aromatic rings. The van der Waals surface area contributed by atoms with Crippen LogP contribution in [-0.2, 0) is 4.79 Å². The summed E-state index contributed by atoms with van der Waals surface area (Å²) in [7, 11) is 0. The highest BCUT2D eigenvalue weighted by Gasteiger charge is 2.30. The summed E-state index contributed by atoms with van der Waals surface area (Å²) in [6.45, 7) is 4.96. The monoisotopic (exact) mass is 269 g/mol. The van der Waals surface area contributed by atoms with Crippen molar-refractivity contribution in [1.82, 2.24) is 15.1 Å². The number of rotatable bonds is 5. The molecule has 2 fully saturated rings. The normalized spacial score (nSPS) is 23.8. The Morgan fingerprint density at radius 2 is 1.95 bits per heavy atom. The van der Waals surface area contributed by atoms with Gasteiger partial charge >= 0.3 is 12.0 Å². The average molecular weight is 269 g/mol. The molecule has 0 radical (unpaired) electrons. The lowest BCUT2D eigenvalue weighted by molar-refractivity contribution is -0.141. The Labute approximate surface area is 113 Å². The van der Waals surface area contributed by atoms with E-state index in [9.17, 15) is 9.59 Å². The van der Waals surface area contributed by atoms with E-state index in [1.54, 1.807) is 4.90 Å². The Balaban J connectivity index is 1.58. The number of carboxylic acid groups (broad SMARTS) is 1. The molecule has 0 bridgehead atoms. The van der Waals surface area contributed by atoms with Crippen LogP contribution in [0.25, 0.3) is 0 Å². The van der Waals surface area contributed by atoms with Crippen molar-refractivity contribution in [2.24, 2.45) is 5.92 Å². The van der Waals surface area contributed by atoms with Gasteiger partial charge in [0, 0.05) is 19.6 Å². The first kappa shape index (κ1) is 14.1. The molecule has 1 atom stereocenters. The van der Waals surface area contributed by atoms with Crippen molar-refractivity contribution >= 4 is 12.0 Å². The maximum absolute atomic E-state index is 11.8. The number of carboxylic acids is 1. The second-order valence-electron chi connectivity index (χ2n) is 5.40. The van der Waals surface area contributed by atoms with E-state index in [4.69, 9.17) is 5.11 Å². The molecule has 2 rings (SSSR count). The van der Waals surface area contributed by atoms with E-state index in [2.05, 4.69) is 10.2 Å². The Kier molecular flexibility index (Phi) is 5.01. The van der Waals surface area contributed by atoms with Gasteiger partial charge in [-0.1, -0.05) is 0 Å². The fourth-order valence-corrected chi connectivity index (χ4v) is 2.76. The zero-order valence-electron chi connectivity index (χ0n) is 11.3. The van der Waals surface area contributed by atoms with Crippen LogP contribution in [-0.4, -0.2) is 66.2 Å². The molecule has 2 N–H and O–H groups in total. The molecule has 0 aliphatic carbocycles. The van der Waals surface area contributed by atoms with Gasteiger partial charge < -0.3 is 20.2 Å². The van der Waals surface area contributed by atoms with Crippen molar-refractivity contribution in [2.75, 3.05) is 39.3 Å². The number of urea groups is 1. The third-order valence-corrected chi connectivity index (χ3v) is 3.95. The van der Waals surface area contributed by atoms with Crippen LogP contribution in [0.5, 0.6) is 0 Å². The second kappa shape index (κ2) is 6.75. The molecule has 2 amide bonds. The third-order valence-electron chi connectivity index (χ3n) is 3.95. The van der Waals surface area contributed by atoms with Crippen LogP contribution in [0.1, 0.15) is 25.7 Å². The van der Waals surface area contributed by atoms with Crippen LogP contribution in [0.15, 0.2) is 0 Å². The number of hydrogen-bond donors (Lipinski definition) is 2. The number of hydrogen-bond acceptors (Lipinski definition) is 3. The van der Waals surface area contributed by atoms with Crippen LogP contribution in [0.3, 0.4) is 0 Å². The molecule has 2 aliphatic heterocycles. The Morgan fingerprint density at radius 1 is 1.21 bits per heavy atom. The van der Waals surface area contributed by atoms with Crippen molar-refractivity contribution in [2.45, 2.75) is 25.7 Å². The summed E-state index contributed by atoms with van der Waals surface area (Å²) in [6.07, 6.45) is 4.10. The molecule has 2 heterocycles. The van der Waals surface area contributed by atoms with Crippen molar-refractivity contribution in [3.05, 3.63) is 0 Å². The minimum absolute atomic E-state index is 0.120. The maximum Gasteiger partial charge on any atom is 0.317 e. The largest absolute Gasteiger partial charge is 0.481 e. The summed E-state index contributed by atoms with van der Waals surface area (Å²) in [4.78, 5) is 26.7. The average Bonchev–Trinajstić information content (AvgIpc) is 3.05. The van der Waals surface area contributed by atoms with Crippen LogP contribution < -0.4 is 5.32 Å². The fourth-order valence-electron chi connectivity index (χ4n) is 2.76. The van der Waals surface area contributed by atoms with Crippen LogP contribution in [0.4, 0.5) is 4.79 Å². The first-order valence-electron chi connectivity index (χ1n) is 7.15. The second-order valence-corrected chi connectivity index (χ2v) is 5.40. The molecule has 6 nitrogen and oxygen atoms in total. The number of likely N-dealkylation sites (tertiary alicyclic amines) is 2. The predicted octanol–water partition coefficient (Wildman–Crippen LogP) is 0.588. The van der Waals surface area contributed by atoms with E-state index in [0.29, 0.717) is 26.1 Å². The van der Waals surface area contributed by atoms with Gasteiger partial charge in [0.25, 0.3) is 0 Å². The third kappa shape index (κ3) is 4.09. The molecule has 0 saturated carbocycles. The highest BCUT2D eigenvalue weighted by Crippen LogP contribution is 2.16. The number of carbonyl (C=O) groups excluding carboxylic acids is 1. The lowest BCUT2D eigenvalue weighted by Gasteiger charge is -2.18. The van der Waals surface area contributed by atoms with Gasteiger partial charge in [-0.2, -0.15) is 0 Å². The van der Waals surface area contributed by atoms with Gasteiger partial charge in [-0.3, -0.25) is 4.79 Å². The minimum Gasteiger partial charge on any atom is -0.481 e. The zero-order chi connectivity index (χ0) is 13.7. The fraction of sp³-hybridized carbons (Fsp3) is 0.846. The van der Waals surface area contributed by atoms with Gasteiger partial charge in [0.15, 0.2) is 0 Å². The first-order chi connectivity index (χ1) is 9.16. The van der Waals surface area contributed by atoms with Crippen LogP contribution in [0.2, 0.25) is 0 Å². The lowest BCUT2D eigenvalue weighted by Crippen LogP contribution is -2.40. The summed E-state index contributed by atoms with van der Waals surface area (Å²) in [5, 5.41) is 11.8. The number of amides is 2. The topological polar surface area (TPSA) is 72.9 Å². The van der Waals surface area contributed by atoms with Crippen molar-refractivity contribution < 1.29 is 14.7 Å². The molecule has 0 aromatic heterocycles. The van der Waals surface area contributed by atoms with Gasteiger partial charge in [-0.15, -0.1) is 0 Å². The molecular formula is C13H23N3O3. The van der Waals surface area contributed by atoms with E-state index in [1.807, 2.05) is 0 Å². The van der Waals surface area contributed by atoms with E-state index in [0.717, 1.165) is 13.0 Å². The van der Waals surface area contributed by atoms with Crippen molar-refractivity contribution in [3.63, 3.8) is 0 Å². The van der Waals surface area contributed by atoms with Gasteiger partial charge in [-0.25, -0.2) is 4.79 Å². The van der Waals surface area contributed by atoms with E-state index in [1.165, 1.54) is 25.9 Å². The Hall–Kier alpha value is -1.30. The standard InChI is InChI=1S/C13H23N3O3/c17-12(18)11-4-9-16(10-11)13(19)14-5-3-8-15-6-1-2-7-15/h11H,1-10H2,(H,14,19)(H,17,18). The summed E-state index contributed by atoms with van der Waals surface area (Å²) in [5.74, 6) is -1.19. The molecule has 2 aliphatic rings. The highest BCUT2D eigenvalue weighted by molar-refractivity contribution is 5.77. The van der Waals surface area contributed by atoms with Crippen LogP contribution >= 0.6 is 0 Å². The SMILES string of the molecule is O=C(O)C1CCN(C(=O)NCCCN2CCCC2)C1. The first-order valence-corrected chi connectivity index (χ1v) is 7.15. The van der Waals surface area contributed by atoms with E-state index >= 15 is 0 Å². The molecule has 1 unspecified atom stereocenters. The summed E-state index contributed by atoms with van der Waals surface area (Å²) in [6, 6.07) is -0.120. The zero-order valence-corrected chi connectivity index (χ0v) is 11.3. The van der Waals surface area contributed by atoms with Crippen molar-refractivity contribution in [3.8, 4) is 0 Å². The molecule has 108 valence electrons. The van der Waals surface area contributed by atoms with Gasteiger partial charge in [0.1, 0.15) is 0 Å². The molecule has 0 spiro atoms. The Morgan fingerprint density at radius 3 is 2.58 bits per heavy atom. The number of carbonyl (C=O) groups is 2. The molecule has 6 heteroatoms. The number of nitrogens with one attached hydrogen (secondary N) is 1. The van der Waals surface area contributed by atoms with E-state index in [-0.39, 0.29) is 6.03 Å². The number of aliphatic carboxylic acids is 1. The summed E-state index contributed by atoms with van der Waals surface area (Å²) >= 11 is 0. The van der Waals surface area contributed by atoms with E-state index < -0.39 is 11.9 Å². The minimum atomic E-state index is -0.802. The molecule has 0 aromatic carbocycles. The predicted molar refractivity (Wildman–Crippen MR) is 71.0 cm³/mol. The summed E-state index contributed by atoms with van der Waals surface area (Å²) < 4.78 is 0. The smallest absolute Gasteiger partial charge is 0.317 e. The highest BCUT2D eigenvalue weighted by atomic mass is 16.4. The lowest BCUT2D eigenvalue weighted by atomic mass is 10.1. The van der Waals surface area contributed by atoms with Crippen LogP contribution in [0, 0.1) is 5.92 Å². The Bertz CT molecular complexity index is 329. The maximum atomic E-state index is 11.8. The molecular weight excluding hydrogens is 246 g/mol. The quantitative estimate of drug-likeness (QED) is 0.716. The molecule has 19 heavy (non-hydrogen) atoms. The van der Waals surface area contributed by atoms with Gasteiger partial charge in [0.05, 0.1) is 5.92 Å². The van der Waals surface area contributed by atoms with Gasteiger partial charge in [-0.05, 0) is 45.3 Å². The number of nitrogens with zero attached hydrogens (tertiary/aromatic N) is 2. The molecule has 2 saturated heterocycles.